The summed E-state index contributed by atoms with van der Waals surface area (Å²) in [7, 11) is 0. The van der Waals surface area contributed by atoms with Crippen molar-refractivity contribution >= 4 is 11.9 Å². The second-order valence-corrected chi connectivity index (χ2v) is 6.30. The van der Waals surface area contributed by atoms with Crippen LogP contribution in [0.5, 0.6) is 0 Å². The smallest absolute Gasteiger partial charge is 0.334 e. The molecule has 1 fully saturated rings. The molecule has 1 N–H and O–H groups in total. The van der Waals surface area contributed by atoms with E-state index in [0.29, 0.717) is 24.7 Å². The number of aryl methyl sites for hydroxylation is 1. The maximum atomic E-state index is 12.1. The highest BCUT2D eigenvalue weighted by atomic mass is 16.5. The number of hydrogen-bond acceptors (Lipinski definition) is 6. The molecule has 0 unspecified atom stereocenters. The van der Waals surface area contributed by atoms with Gasteiger partial charge >= 0.3 is 5.97 Å². The zero-order valence-corrected chi connectivity index (χ0v) is 13.0. The second-order valence-electron chi connectivity index (χ2n) is 6.30. The summed E-state index contributed by atoms with van der Waals surface area (Å²) < 4.78 is 10.2. The summed E-state index contributed by atoms with van der Waals surface area (Å²) in [5.74, 6) is -0.164. The third kappa shape index (κ3) is 4.03. The molecule has 8 heteroatoms. The quantitative estimate of drug-likeness (QED) is 0.868. The number of hydrogen-bond donors (Lipinski definition) is 1. The SMILES string of the molecule is CC(C)(C)c1noc(CCC(=O)N2CCO[C@@H](C(=O)O)C2)n1. The minimum absolute atomic E-state index is 0.0746. The van der Waals surface area contributed by atoms with Crippen LogP contribution < -0.4 is 0 Å². The van der Waals surface area contributed by atoms with Gasteiger partial charge in [0.15, 0.2) is 11.9 Å². The Morgan fingerprint density at radius 2 is 2.14 bits per heavy atom. The highest BCUT2D eigenvalue weighted by Crippen LogP contribution is 2.19. The lowest BCUT2D eigenvalue weighted by Crippen LogP contribution is -2.48. The van der Waals surface area contributed by atoms with Crippen molar-refractivity contribution in [3.05, 3.63) is 11.7 Å². The van der Waals surface area contributed by atoms with Gasteiger partial charge < -0.3 is 19.3 Å². The van der Waals surface area contributed by atoms with E-state index in [2.05, 4.69) is 10.1 Å². The molecule has 0 aliphatic carbocycles. The molecule has 1 aromatic rings. The largest absolute Gasteiger partial charge is 0.479 e. The van der Waals surface area contributed by atoms with Crippen molar-refractivity contribution in [3.8, 4) is 0 Å². The Kier molecular flexibility index (Phi) is 4.80. The van der Waals surface area contributed by atoms with Crippen LogP contribution in [-0.2, 0) is 26.2 Å². The standard InChI is InChI=1S/C14H21N3O5/c1-14(2,3)13-15-10(22-16-13)4-5-11(18)17-6-7-21-9(8-17)12(19)20/h9H,4-8H2,1-3H3,(H,19,20)/t9-/m1/s1. The van der Waals surface area contributed by atoms with Gasteiger partial charge in [-0.3, -0.25) is 4.79 Å². The number of nitrogens with zero attached hydrogens (tertiary/aromatic N) is 3. The lowest BCUT2D eigenvalue weighted by Gasteiger charge is -2.30. The molecule has 1 saturated heterocycles. The van der Waals surface area contributed by atoms with Gasteiger partial charge in [-0.25, -0.2) is 4.79 Å². The Morgan fingerprint density at radius 3 is 2.73 bits per heavy atom. The van der Waals surface area contributed by atoms with Gasteiger partial charge in [-0.1, -0.05) is 25.9 Å². The molecule has 8 nitrogen and oxygen atoms in total. The van der Waals surface area contributed by atoms with Crippen molar-refractivity contribution in [1.82, 2.24) is 15.0 Å². The summed E-state index contributed by atoms with van der Waals surface area (Å²) in [6.07, 6.45) is -0.400. The molecule has 1 aromatic heterocycles. The number of carboxylic acid groups (broad SMARTS) is 1. The second kappa shape index (κ2) is 6.43. The van der Waals surface area contributed by atoms with Crippen molar-refractivity contribution in [2.24, 2.45) is 0 Å². The number of aliphatic carboxylic acids is 1. The minimum atomic E-state index is -1.05. The molecule has 0 aromatic carbocycles. The summed E-state index contributed by atoms with van der Waals surface area (Å²) in [4.78, 5) is 28.8. The van der Waals surface area contributed by atoms with E-state index in [0.717, 1.165) is 0 Å². The van der Waals surface area contributed by atoms with Crippen molar-refractivity contribution in [2.75, 3.05) is 19.7 Å². The number of morpholine rings is 1. The van der Waals surface area contributed by atoms with Gasteiger partial charge in [-0.05, 0) is 0 Å². The van der Waals surface area contributed by atoms with E-state index in [9.17, 15) is 9.59 Å². The number of carbonyl (C=O) groups excluding carboxylic acids is 1. The number of carbonyl (C=O) groups is 2. The normalized spacial score (nSPS) is 19.2. The molecular weight excluding hydrogens is 290 g/mol. The summed E-state index contributed by atoms with van der Waals surface area (Å²) in [6.45, 7) is 6.65. The molecule has 22 heavy (non-hydrogen) atoms. The summed E-state index contributed by atoms with van der Waals surface area (Å²) in [6, 6.07) is 0. The molecule has 122 valence electrons. The van der Waals surface area contributed by atoms with E-state index in [1.165, 1.54) is 4.90 Å². The number of aromatic nitrogens is 2. The minimum Gasteiger partial charge on any atom is -0.479 e. The first-order valence-electron chi connectivity index (χ1n) is 7.22. The first-order chi connectivity index (χ1) is 10.3. The molecular formula is C14H21N3O5. The fourth-order valence-electron chi connectivity index (χ4n) is 2.06. The first kappa shape index (κ1) is 16.4. The van der Waals surface area contributed by atoms with Crippen molar-refractivity contribution in [3.63, 3.8) is 0 Å². The van der Waals surface area contributed by atoms with Gasteiger partial charge in [0.05, 0.1) is 13.2 Å². The first-order valence-corrected chi connectivity index (χ1v) is 7.22. The lowest BCUT2D eigenvalue weighted by molar-refractivity contribution is -0.159. The van der Waals surface area contributed by atoms with E-state index in [1.807, 2.05) is 20.8 Å². The molecule has 1 atom stereocenters. The molecule has 1 amide bonds. The van der Waals surface area contributed by atoms with Gasteiger partial charge in [0.2, 0.25) is 11.8 Å². The molecule has 0 bridgehead atoms. The highest BCUT2D eigenvalue weighted by molar-refractivity contribution is 5.78. The van der Waals surface area contributed by atoms with Crippen LogP contribution in [0.3, 0.4) is 0 Å². The molecule has 0 radical (unpaired) electrons. The third-order valence-corrected chi connectivity index (χ3v) is 3.39. The maximum absolute atomic E-state index is 12.1. The third-order valence-electron chi connectivity index (χ3n) is 3.39. The van der Waals surface area contributed by atoms with Gasteiger partial charge in [-0.2, -0.15) is 4.98 Å². The van der Waals surface area contributed by atoms with Crippen LogP contribution in [0.25, 0.3) is 0 Å². The van der Waals surface area contributed by atoms with Crippen LogP contribution in [0.1, 0.15) is 38.9 Å². The average molecular weight is 311 g/mol. The molecule has 2 rings (SSSR count). The van der Waals surface area contributed by atoms with Crippen LogP contribution in [0.15, 0.2) is 4.52 Å². The molecule has 1 aliphatic heterocycles. The zero-order chi connectivity index (χ0) is 16.3. The van der Waals surface area contributed by atoms with Crippen molar-refractivity contribution in [2.45, 2.75) is 45.1 Å². The van der Waals surface area contributed by atoms with E-state index in [1.54, 1.807) is 0 Å². The highest BCUT2D eigenvalue weighted by Gasteiger charge is 2.29. The lowest BCUT2D eigenvalue weighted by atomic mass is 9.96. The predicted octanol–water partition coefficient (Wildman–Crippen LogP) is 0.612. The molecule has 1 aliphatic rings. The number of amides is 1. The Morgan fingerprint density at radius 1 is 1.41 bits per heavy atom. The summed E-state index contributed by atoms with van der Waals surface area (Å²) >= 11 is 0. The fraction of sp³-hybridized carbons (Fsp3) is 0.714. The van der Waals surface area contributed by atoms with E-state index in [4.69, 9.17) is 14.4 Å². The fourth-order valence-corrected chi connectivity index (χ4v) is 2.06. The monoisotopic (exact) mass is 311 g/mol. The topological polar surface area (TPSA) is 106 Å². The van der Waals surface area contributed by atoms with Crippen LogP contribution in [-0.4, -0.2) is 57.8 Å². The van der Waals surface area contributed by atoms with Crippen LogP contribution in [0, 0.1) is 0 Å². The van der Waals surface area contributed by atoms with E-state index in [-0.39, 0.29) is 30.9 Å². The number of ether oxygens (including phenoxy) is 1. The van der Waals surface area contributed by atoms with Gasteiger partial charge in [0, 0.05) is 24.8 Å². The average Bonchev–Trinajstić information content (AvgIpc) is 2.94. The van der Waals surface area contributed by atoms with Crippen LogP contribution in [0.2, 0.25) is 0 Å². The Labute approximate surface area is 128 Å². The van der Waals surface area contributed by atoms with Crippen molar-refractivity contribution in [1.29, 1.82) is 0 Å². The molecule has 0 spiro atoms. The predicted molar refractivity (Wildman–Crippen MR) is 75.3 cm³/mol. The number of carboxylic acids is 1. The summed E-state index contributed by atoms with van der Waals surface area (Å²) in [5.41, 5.74) is -0.204. The maximum Gasteiger partial charge on any atom is 0.334 e. The van der Waals surface area contributed by atoms with E-state index < -0.39 is 12.1 Å². The van der Waals surface area contributed by atoms with Gasteiger partial charge in [-0.15, -0.1) is 0 Å². The van der Waals surface area contributed by atoms with Gasteiger partial charge in [0.1, 0.15) is 0 Å². The molecule has 0 saturated carbocycles. The van der Waals surface area contributed by atoms with Crippen molar-refractivity contribution < 1.29 is 24.0 Å². The van der Waals surface area contributed by atoms with Crippen LogP contribution in [0.4, 0.5) is 0 Å². The zero-order valence-electron chi connectivity index (χ0n) is 13.0. The van der Waals surface area contributed by atoms with Gasteiger partial charge in [0.25, 0.3) is 0 Å². The van der Waals surface area contributed by atoms with Crippen LogP contribution >= 0.6 is 0 Å². The number of rotatable bonds is 4. The summed E-state index contributed by atoms with van der Waals surface area (Å²) in [5, 5.41) is 12.8. The Bertz CT molecular complexity index is 549. The Hall–Kier alpha value is -1.96. The molecule has 2 heterocycles. The Balaban J connectivity index is 1.87. The van der Waals surface area contributed by atoms with E-state index >= 15 is 0 Å².